The van der Waals surface area contributed by atoms with E-state index >= 15 is 0 Å². The zero-order valence-corrected chi connectivity index (χ0v) is 13.3. The van der Waals surface area contributed by atoms with Crippen LogP contribution in [0.5, 0.6) is 0 Å². The molecule has 0 spiro atoms. The van der Waals surface area contributed by atoms with E-state index in [1.165, 1.54) is 24.8 Å². The van der Waals surface area contributed by atoms with Crippen molar-refractivity contribution in [3.63, 3.8) is 0 Å². The highest BCUT2D eigenvalue weighted by molar-refractivity contribution is 5.46. The van der Waals surface area contributed by atoms with Crippen LogP contribution in [0.3, 0.4) is 0 Å². The van der Waals surface area contributed by atoms with Gasteiger partial charge in [0, 0.05) is 12.2 Å². The predicted molar refractivity (Wildman–Crippen MR) is 87.9 cm³/mol. The Labute approximate surface area is 128 Å². The molecule has 21 heavy (non-hydrogen) atoms. The smallest absolute Gasteiger partial charge is 0.0945 e. The highest BCUT2D eigenvalue weighted by Crippen LogP contribution is 2.21. The summed E-state index contributed by atoms with van der Waals surface area (Å²) in [7, 11) is 0. The molecule has 0 bridgehead atoms. The normalized spacial score (nSPS) is 17.9. The first-order valence-electron chi connectivity index (χ1n) is 8.28. The molecule has 1 aromatic rings. The van der Waals surface area contributed by atoms with Gasteiger partial charge < -0.3 is 15.2 Å². The maximum Gasteiger partial charge on any atom is 0.0945 e. The molecule has 0 aromatic heterocycles. The Morgan fingerprint density at radius 2 is 2.00 bits per heavy atom. The van der Waals surface area contributed by atoms with Crippen molar-refractivity contribution >= 4 is 5.69 Å². The molecule has 1 aliphatic rings. The van der Waals surface area contributed by atoms with Crippen LogP contribution in [0.2, 0.25) is 0 Å². The average molecular weight is 291 g/mol. The molecule has 2 rings (SSSR count). The summed E-state index contributed by atoms with van der Waals surface area (Å²) in [6, 6.07) is 8.39. The van der Waals surface area contributed by atoms with Gasteiger partial charge in [-0.15, -0.1) is 0 Å². The van der Waals surface area contributed by atoms with Crippen molar-refractivity contribution in [1.82, 2.24) is 0 Å². The second kappa shape index (κ2) is 8.40. The second-order valence-electron chi connectivity index (χ2n) is 6.41. The Balaban J connectivity index is 1.70. The number of aliphatic hydroxyl groups is 1. The Morgan fingerprint density at radius 1 is 1.24 bits per heavy atom. The minimum atomic E-state index is -0.449. The minimum Gasteiger partial charge on any atom is -0.389 e. The van der Waals surface area contributed by atoms with Gasteiger partial charge in [0.2, 0.25) is 0 Å². The first-order valence-corrected chi connectivity index (χ1v) is 8.28. The molecule has 1 saturated carbocycles. The third kappa shape index (κ3) is 5.68. The zero-order chi connectivity index (χ0) is 15.1. The maximum atomic E-state index is 10.0. The summed E-state index contributed by atoms with van der Waals surface area (Å²) >= 11 is 0. The highest BCUT2D eigenvalue weighted by atomic mass is 16.5. The molecule has 0 heterocycles. The van der Waals surface area contributed by atoms with Crippen LogP contribution in [0.4, 0.5) is 5.69 Å². The van der Waals surface area contributed by atoms with Crippen LogP contribution < -0.4 is 5.32 Å². The Bertz CT molecular complexity index is 413. The lowest BCUT2D eigenvalue weighted by Crippen LogP contribution is -2.28. The molecule has 1 unspecified atom stereocenters. The van der Waals surface area contributed by atoms with Gasteiger partial charge in [-0.1, -0.05) is 45.2 Å². The molecule has 1 atom stereocenters. The molecular weight excluding hydrogens is 262 g/mol. The van der Waals surface area contributed by atoms with Crippen LogP contribution in [-0.4, -0.2) is 30.5 Å². The van der Waals surface area contributed by atoms with Gasteiger partial charge in [-0.2, -0.15) is 0 Å². The number of nitrogens with one attached hydrogen (secondary N) is 1. The van der Waals surface area contributed by atoms with Crippen LogP contribution >= 0.6 is 0 Å². The van der Waals surface area contributed by atoms with E-state index in [0.29, 0.717) is 25.2 Å². The van der Waals surface area contributed by atoms with Gasteiger partial charge in [0.15, 0.2) is 0 Å². The summed E-state index contributed by atoms with van der Waals surface area (Å²) in [5, 5.41) is 13.3. The fourth-order valence-electron chi connectivity index (χ4n) is 2.78. The molecule has 118 valence electrons. The summed E-state index contributed by atoms with van der Waals surface area (Å²) in [5.74, 6) is 0.520. The van der Waals surface area contributed by atoms with Crippen molar-refractivity contribution in [1.29, 1.82) is 0 Å². The van der Waals surface area contributed by atoms with Crippen molar-refractivity contribution in [3.8, 4) is 0 Å². The standard InChI is InChI=1S/C18H29NO2/c1-14(2)15-7-6-8-16(11-15)19-12-17(20)13-21-18-9-4-3-5-10-18/h6-8,11,14,17-20H,3-5,9-10,12-13H2,1-2H3. The number of aliphatic hydroxyl groups excluding tert-OH is 1. The molecular formula is C18H29NO2. The lowest BCUT2D eigenvalue weighted by atomic mass is 9.98. The van der Waals surface area contributed by atoms with E-state index in [2.05, 4.69) is 37.4 Å². The Hall–Kier alpha value is -1.06. The maximum absolute atomic E-state index is 10.0. The second-order valence-corrected chi connectivity index (χ2v) is 6.41. The van der Waals surface area contributed by atoms with Gasteiger partial charge in [0.1, 0.15) is 0 Å². The van der Waals surface area contributed by atoms with E-state index in [4.69, 9.17) is 4.74 Å². The predicted octanol–water partition coefficient (Wildman–Crippen LogP) is 3.93. The molecule has 3 nitrogen and oxygen atoms in total. The molecule has 0 saturated heterocycles. The number of anilines is 1. The number of ether oxygens (including phenoxy) is 1. The zero-order valence-electron chi connectivity index (χ0n) is 13.3. The molecule has 0 aliphatic heterocycles. The Kier molecular flexibility index (Phi) is 6.52. The quantitative estimate of drug-likeness (QED) is 0.799. The average Bonchev–Trinajstić information content (AvgIpc) is 2.52. The topological polar surface area (TPSA) is 41.5 Å². The number of benzene rings is 1. The monoisotopic (exact) mass is 291 g/mol. The number of hydrogen-bond acceptors (Lipinski definition) is 3. The van der Waals surface area contributed by atoms with Gasteiger partial charge >= 0.3 is 0 Å². The highest BCUT2D eigenvalue weighted by Gasteiger charge is 2.15. The van der Waals surface area contributed by atoms with Crippen molar-refractivity contribution in [2.24, 2.45) is 0 Å². The van der Waals surface area contributed by atoms with E-state index < -0.39 is 6.10 Å². The first kappa shape index (κ1) is 16.3. The van der Waals surface area contributed by atoms with Crippen LogP contribution in [0.25, 0.3) is 0 Å². The minimum absolute atomic E-state index is 0.359. The molecule has 1 fully saturated rings. The summed E-state index contributed by atoms with van der Waals surface area (Å²) < 4.78 is 5.81. The summed E-state index contributed by atoms with van der Waals surface area (Å²) in [4.78, 5) is 0. The Morgan fingerprint density at radius 3 is 2.71 bits per heavy atom. The SMILES string of the molecule is CC(C)c1cccc(NCC(O)COC2CCCCC2)c1. The van der Waals surface area contributed by atoms with Crippen molar-refractivity contribution < 1.29 is 9.84 Å². The molecule has 0 radical (unpaired) electrons. The third-order valence-corrected chi connectivity index (χ3v) is 4.17. The lowest BCUT2D eigenvalue weighted by Gasteiger charge is -2.23. The first-order chi connectivity index (χ1) is 10.1. The van der Waals surface area contributed by atoms with Gasteiger partial charge in [-0.05, 0) is 36.5 Å². The van der Waals surface area contributed by atoms with Crippen LogP contribution in [0, 0.1) is 0 Å². The summed E-state index contributed by atoms with van der Waals surface area (Å²) in [6.45, 7) is 5.34. The fourth-order valence-corrected chi connectivity index (χ4v) is 2.78. The van der Waals surface area contributed by atoms with Crippen molar-refractivity contribution in [2.45, 2.75) is 64.1 Å². The molecule has 1 aliphatic carbocycles. The van der Waals surface area contributed by atoms with E-state index in [1.54, 1.807) is 0 Å². The van der Waals surface area contributed by atoms with E-state index in [9.17, 15) is 5.11 Å². The summed E-state index contributed by atoms with van der Waals surface area (Å²) in [5.41, 5.74) is 2.38. The van der Waals surface area contributed by atoms with Gasteiger partial charge in [0.25, 0.3) is 0 Å². The van der Waals surface area contributed by atoms with Crippen molar-refractivity contribution in [2.75, 3.05) is 18.5 Å². The van der Waals surface area contributed by atoms with Crippen molar-refractivity contribution in [3.05, 3.63) is 29.8 Å². The van der Waals surface area contributed by atoms with E-state index in [-0.39, 0.29) is 0 Å². The fraction of sp³-hybridized carbons (Fsp3) is 0.667. The third-order valence-electron chi connectivity index (χ3n) is 4.17. The van der Waals surface area contributed by atoms with Crippen LogP contribution in [0.1, 0.15) is 57.4 Å². The van der Waals surface area contributed by atoms with Gasteiger partial charge in [-0.25, -0.2) is 0 Å². The largest absolute Gasteiger partial charge is 0.389 e. The van der Waals surface area contributed by atoms with E-state index in [0.717, 1.165) is 18.5 Å². The lowest BCUT2D eigenvalue weighted by molar-refractivity contribution is -0.0195. The van der Waals surface area contributed by atoms with Crippen LogP contribution in [0.15, 0.2) is 24.3 Å². The molecule has 1 aromatic carbocycles. The molecule has 0 amide bonds. The number of rotatable bonds is 7. The van der Waals surface area contributed by atoms with Gasteiger partial charge in [0.05, 0.1) is 18.8 Å². The molecule has 2 N–H and O–H groups in total. The number of hydrogen-bond donors (Lipinski definition) is 2. The van der Waals surface area contributed by atoms with Crippen LogP contribution in [-0.2, 0) is 4.74 Å². The van der Waals surface area contributed by atoms with Gasteiger partial charge in [-0.3, -0.25) is 0 Å². The molecule has 3 heteroatoms. The summed E-state index contributed by atoms with van der Waals surface area (Å²) in [6.07, 6.45) is 6.07. The van der Waals surface area contributed by atoms with E-state index in [1.807, 2.05) is 6.07 Å².